The summed E-state index contributed by atoms with van der Waals surface area (Å²) in [5, 5.41) is 3.64. The molecule has 6 nitrogen and oxygen atoms in total. The highest BCUT2D eigenvalue weighted by atomic mass is 32.2. The molecule has 0 aliphatic carbocycles. The lowest BCUT2D eigenvalue weighted by atomic mass is 10.1. The Hall–Kier alpha value is -3.06. The minimum absolute atomic E-state index is 0.0862. The molecule has 3 aromatic rings. The molecule has 0 saturated heterocycles. The summed E-state index contributed by atoms with van der Waals surface area (Å²) in [6, 6.07) is 15.1. The Balaban J connectivity index is 1.36. The average Bonchev–Trinajstić information content (AvgIpc) is 3.10. The fourth-order valence-electron chi connectivity index (χ4n) is 2.89. The van der Waals surface area contributed by atoms with Gasteiger partial charge in [-0.15, -0.1) is 0 Å². The Morgan fingerprint density at radius 3 is 2.46 bits per heavy atom. The van der Waals surface area contributed by atoms with Crippen molar-refractivity contribution in [2.75, 3.05) is 12.1 Å². The van der Waals surface area contributed by atoms with Gasteiger partial charge in [-0.3, -0.25) is 4.79 Å². The zero-order valence-electron chi connectivity index (χ0n) is 15.6. The summed E-state index contributed by atoms with van der Waals surface area (Å²) >= 11 is 1.50. The van der Waals surface area contributed by atoms with Crippen LogP contribution in [0.15, 0.2) is 58.6 Å². The van der Waals surface area contributed by atoms with Crippen molar-refractivity contribution in [3.8, 4) is 11.5 Å². The van der Waals surface area contributed by atoms with E-state index in [4.69, 9.17) is 9.47 Å². The third-order valence-corrected chi connectivity index (χ3v) is 4.98. The second-order valence-corrected chi connectivity index (χ2v) is 7.51. The zero-order valence-corrected chi connectivity index (χ0v) is 16.4. The Morgan fingerprint density at radius 1 is 1.00 bits per heavy atom. The molecule has 0 fully saturated rings. The summed E-state index contributed by atoms with van der Waals surface area (Å²) in [5.74, 6) is 1.31. The number of carbonyl (C=O) groups excluding carboxylic acids is 1. The first-order chi connectivity index (χ1) is 13.5. The second-order valence-electron chi connectivity index (χ2n) is 6.47. The van der Waals surface area contributed by atoms with E-state index in [9.17, 15) is 4.79 Å². The van der Waals surface area contributed by atoms with Crippen LogP contribution in [0.25, 0.3) is 0 Å². The van der Waals surface area contributed by atoms with Crippen molar-refractivity contribution in [2.24, 2.45) is 0 Å². The highest BCUT2D eigenvalue weighted by Crippen LogP contribution is 2.32. The summed E-state index contributed by atoms with van der Waals surface area (Å²) in [7, 11) is 0. The maximum atomic E-state index is 12.3. The van der Waals surface area contributed by atoms with Crippen molar-refractivity contribution in [3.63, 3.8) is 0 Å². The van der Waals surface area contributed by atoms with E-state index in [-0.39, 0.29) is 19.1 Å². The minimum Gasteiger partial charge on any atom is -0.454 e. The molecule has 1 aliphatic rings. The summed E-state index contributed by atoms with van der Waals surface area (Å²) in [4.78, 5) is 22.2. The molecule has 1 aliphatic heterocycles. The van der Waals surface area contributed by atoms with Crippen LogP contribution in [0.2, 0.25) is 0 Å². The van der Waals surface area contributed by atoms with Crippen molar-refractivity contribution in [2.45, 2.75) is 30.3 Å². The number of benzene rings is 2. The molecule has 0 radical (unpaired) electrons. The Morgan fingerprint density at radius 2 is 1.71 bits per heavy atom. The highest BCUT2D eigenvalue weighted by Gasteiger charge is 2.14. The maximum absolute atomic E-state index is 12.3. The van der Waals surface area contributed by atoms with Gasteiger partial charge in [0.25, 0.3) is 0 Å². The van der Waals surface area contributed by atoms with Crippen molar-refractivity contribution in [1.82, 2.24) is 9.97 Å². The molecule has 0 atom stereocenters. The largest absolute Gasteiger partial charge is 0.454 e. The number of aromatic nitrogens is 2. The normalized spacial score (nSPS) is 12.1. The fraction of sp³-hybridized carbons (Fsp3) is 0.190. The molecule has 4 rings (SSSR count). The number of amides is 1. The minimum atomic E-state index is -0.0862. The van der Waals surface area contributed by atoms with Crippen molar-refractivity contribution >= 4 is 23.4 Å². The van der Waals surface area contributed by atoms with Crippen LogP contribution in [0.5, 0.6) is 11.5 Å². The number of nitrogens with zero attached hydrogens (tertiary/aromatic N) is 2. The molecule has 2 aromatic carbocycles. The van der Waals surface area contributed by atoms with Gasteiger partial charge in [-0.25, -0.2) is 9.97 Å². The number of rotatable bonds is 5. The molecule has 0 spiro atoms. The molecular weight excluding hydrogens is 374 g/mol. The predicted octanol–water partition coefficient (Wildman–Crippen LogP) is 4.15. The van der Waals surface area contributed by atoms with E-state index >= 15 is 0 Å². The van der Waals surface area contributed by atoms with Crippen LogP contribution >= 0.6 is 11.8 Å². The monoisotopic (exact) mass is 393 g/mol. The lowest BCUT2D eigenvalue weighted by Crippen LogP contribution is -2.14. The zero-order chi connectivity index (χ0) is 19.5. The molecule has 142 valence electrons. The predicted molar refractivity (Wildman–Crippen MR) is 107 cm³/mol. The van der Waals surface area contributed by atoms with E-state index in [1.165, 1.54) is 11.8 Å². The molecule has 1 amide bonds. The first kappa shape index (κ1) is 18.3. The first-order valence-corrected chi connectivity index (χ1v) is 9.65. The quantitative estimate of drug-likeness (QED) is 0.657. The summed E-state index contributed by atoms with van der Waals surface area (Å²) in [5.41, 5.74) is 3.52. The van der Waals surface area contributed by atoms with Crippen LogP contribution < -0.4 is 14.8 Å². The summed E-state index contributed by atoms with van der Waals surface area (Å²) in [6.07, 6.45) is 0.267. The molecule has 0 saturated carbocycles. The van der Waals surface area contributed by atoms with E-state index in [1.807, 2.05) is 62.4 Å². The van der Waals surface area contributed by atoms with Gasteiger partial charge in [0.05, 0.1) is 6.42 Å². The van der Waals surface area contributed by atoms with Gasteiger partial charge < -0.3 is 14.8 Å². The molecule has 28 heavy (non-hydrogen) atoms. The maximum Gasteiger partial charge on any atom is 0.231 e. The van der Waals surface area contributed by atoms with Gasteiger partial charge in [0.15, 0.2) is 16.7 Å². The molecule has 7 heteroatoms. The van der Waals surface area contributed by atoms with E-state index in [1.54, 1.807) is 0 Å². The smallest absolute Gasteiger partial charge is 0.231 e. The van der Waals surface area contributed by atoms with Gasteiger partial charge in [0.1, 0.15) is 0 Å². The summed E-state index contributed by atoms with van der Waals surface area (Å²) < 4.78 is 10.6. The van der Waals surface area contributed by atoms with Crippen LogP contribution in [0.4, 0.5) is 5.69 Å². The van der Waals surface area contributed by atoms with Gasteiger partial charge in [0.2, 0.25) is 12.7 Å². The van der Waals surface area contributed by atoms with Crippen LogP contribution in [-0.2, 0) is 11.2 Å². The van der Waals surface area contributed by atoms with Crippen LogP contribution in [0.1, 0.15) is 17.0 Å². The van der Waals surface area contributed by atoms with Gasteiger partial charge in [-0.2, -0.15) is 0 Å². The van der Waals surface area contributed by atoms with Crippen molar-refractivity contribution in [3.05, 3.63) is 65.5 Å². The van der Waals surface area contributed by atoms with E-state index in [0.29, 0.717) is 11.5 Å². The van der Waals surface area contributed by atoms with E-state index < -0.39 is 0 Å². The third kappa shape index (κ3) is 4.43. The van der Waals surface area contributed by atoms with Crippen molar-refractivity contribution < 1.29 is 14.3 Å². The first-order valence-electron chi connectivity index (χ1n) is 8.84. The molecule has 2 heterocycles. The van der Waals surface area contributed by atoms with Gasteiger partial charge in [-0.05, 0) is 73.6 Å². The van der Waals surface area contributed by atoms with Crippen LogP contribution in [-0.4, -0.2) is 22.7 Å². The number of carbonyl (C=O) groups is 1. The van der Waals surface area contributed by atoms with E-state index in [0.717, 1.165) is 32.7 Å². The topological polar surface area (TPSA) is 73.3 Å². The molecule has 0 bridgehead atoms. The standard InChI is InChI=1S/C21H19N3O3S/c1-13-9-14(2)23-21(22-13)28-17-6-4-16(5-7-17)24-20(25)11-15-3-8-18-19(10-15)27-12-26-18/h3-10H,11-12H2,1-2H3,(H,24,25). The van der Waals surface area contributed by atoms with E-state index in [2.05, 4.69) is 15.3 Å². The Kier molecular flexibility index (Phi) is 5.16. The number of hydrogen-bond donors (Lipinski definition) is 1. The van der Waals surface area contributed by atoms with Crippen molar-refractivity contribution in [1.29, 1.82) is 0 Å². The molecular formula is C21H19N3O3S. The average molecular weight is 393 g/mol. The van der Waals surface area contributed by atoms with Crippen LogP contribution in [0, 0.1) is 13.8 Å². The van der Waals surface area contributed by atoms with Gasteiger partial charge in [-0.1, -0.05) is 6.07 Å². The number of ether oxygens (including phenoxy) is 2. The number of fused-ring (bicyclic) bond motifs is 1. The molecule has 0 unspecified atom stereocenters. The second kappa shape index (κ2) is 7.90. The lowest BCUT2D eigenvalue weighted by molar-refractivity contribution is -0.115. The molecule has 1 N–H and O–H groups in total. The number of hydrogen-bond acceptors (Lipinski definition) is 6. The SMILES string of the molecule is Cc1cc(C)nc(Sc2ccc(NC(=O)Cc3ccc4c(c3)OCO4)cc2)n1. The summed E-state index contributed by atoms with van der Waals surface area (Å²) in [6.45, 7) is 4.14. The molecule has 1 aromatic heterocycles. The highest BCUT2D eigenvalue weighted by molar-refractivity contribution is 7.99. The number of aryl methyl sites for hydroxylation is 2. The Labute approximate surface area is 167 Å². The number of anilines is 1. The van der Waals surface area contributed by atoms with Crippen LogP contribution in [0.3, 0.4) is 0 Å². The van der Waals surface area contributed by atoms with Gasteiger partial charge >= 0.3 is 0 Å². The number of nitrogens with one attached hydrogen (secondary N) is 1. The fourth-order valence-corrected chi connectivity index (χ4v) is 3.75. The van der Waals surface area contributed by atoms with Gasteiger partial charge in [0, 0.05) is 22.0 Å². The lowest BCUT2D eigenvalue weighted by Gasteiger charge is -2.07. The third-order valence-electron chi connectivity index (χ3n) is 4.11. The Bertz CT molecular complexity index is 1000.